The number of rotatable bonds is 8. The number of likely N-dealkylation sites (tertiary alicyclic amines) is 2. The fourth-order valence-corrected chi connectivity index (χ4v) is 18.0. The van der Waals surface area contributed by atoms with Crippen molar-refractivity contribution in [2.24, 2.45) is 21.7 Å². The zero-order chi connectivity index (χ0) is 103. The van der Waals surface area contributed by atoms with Gasteiger partial charge in [-0.25, -0.2) is 110 Å². The average Bonchev–Trinajstić information content (AvgIpc) is 0.817. The summed E-state index contributed by atoms with van der Waals surface area (Å²) in [5.74, 6) is 3.24. The van der Waals surface area contributed by atoms with Crippen LogP contribution in [0.1, 0.15) is 116 Å². The molecule has 2 N–H and O–H groups in total. The first-order chi connectivity index (χ1) is 66.3. The molecular formula is C86H95Cl2F15N28O9S2. The number of aromatic nitrogens is 20. The SMILES string of the molecule is CC(C)(C)OC(=O)N1CCC2(CC1)CN(c1ccnc(-c3cnc4cnc(C(F)(F)F)cn34)n1)C2.CC(C)(C)OC(=O)N1CCC2(CC1)CNC2.CS(=O)(=O)Cl.CS(=O)(=O)N1CCC2(CC1)CN(c1ccnc(-c3cnc4cnc(C(F)(F)F)cn34)n1)C2.FC(F)(F)c1cn2c(-c3nccc(Cl)n3)cnc2cn1.FC(F)(F)c1cn2c(-c3nccc(N4CC5(CCNCC5)C4)n3)cnc2cn1.O=CC(F)(F)F. The number of fused-ring (bicyclic) bond motifs is 4. The zero-order valence-electron chi connectivity index (χ0n) is 77.1. The second kappa shape index (κ2) is 40.8. The van der Waals surface area contributed by atoms with E-state index in [-0.39, 0.29) is 68.2 Å². The van der Waals surface area contributed by atoms with E-state index in [4.69, 9.17) is 25.9 Å². The zero-order valence-corrected chi connectivity index (χ0v) is 80.3. The number of hydrogen-bond acceptors (Lipinski definition) is 30. The van der Waals surface area contributed by atoms with Crippen LogP contribution in [0.3, 0.4) is 0 Å². The van der Waals surface area contributed by atoms with Crippen molar-refractivity contribution in [1.29, 1.82) is 0 Å². The molecule has 0 radical (unpaired) electrons. The van der Waals surface area contributed by atoms with Crippen molar-refractivity contribution >= 4 is 99.9 Å². The lowest BCUT2D eigenvalue weighted by Crippen LogP contribution is -2.61. The topological polar surface area (TPSA) is 405 Å². The fourth-order valence-electron chi connectivity index (χ4n) is 17.0. The molecule has 8 fully saturated rings. The number of piperidine rings is 4. The second-order valence-corrected chi connectivity index (χ2v) is 42.8. The van der Waals surface area contributed by atoms with Gasteiger partial charge in [-0.05, 0) is 136 Å². The molecule has 8 aliphatic rings. The van der Waals surface area contributed by atoms with Crippen LogP contribution in [0.25, 0.3) is 68.7 Å². The summed E-state index contributed by atoms with van der Waals surface area (Å²) in [6.07, 6.45) is 5.46. The maximum absolute atomic E-state index is 13.1. The number of sulfonamides is 1. The fraction of sp³-hybridized carbons (Fsp3) is 0.500. The first-order valence-electron chi connectivity index (χ1n) is 43.9. The van der Waals surface area contributed by atoms with E-state index >= 15 is 0 Å². The molecule has 2 amide bonds. The van der Waals surface area contributed by atoms with Gasteiger partial charge in [0.2, 0.25) is 25.4 Å². The van der Waals surface area contributed by atoms with Gasteiger partial charge in [-0.15, -0.1) is 0 Å². The maximum Gasteiger partial charge on any atom is 0.446 e. The van der Waals surface area contributed by atoms with Crippen molar-refractivity contribution in [1.82, 2.24) is 122 Å². The Labute approximate surface area is 810 Å². The van der Waals surface area contributed by atoms with E-state index in [0.29, 0.717) is 82.9 Å². The predicted octanol–water partition coefficient (Wildman–Crippen LogP) is 13.9. The van der Waals surface area contributed by atoms with Gasteiger partial charge in [-0.3, -0.25) is 22.4 Å². The van der Waals surface area contributed by atoms with E-state index in [2.05, 4.69) is 116 Å². The highest BCUT2D eigenvalue weighted by atomic mass is 35.7. The Balaban J connectivity index is 0.000000140. The van der Waals surface area contributed by atoms with Gasteiger partial charge in [-0.1, -0.05) is 11.6 Å². The average molecular weight is 2080 g/mol. The summed E-state index contributed by atoms with van der Waals surface area (Å²) in [6.45, 7) is 24.6. The molecule has 8 saturated heterocycles. The first-order valence-corrected chi connectivity index (χ1v) is 48.9. The van der Waals surface area contributed by atoms with E-state index in [0.717, 1.165) is 192 Å². The standard InChI is InChI=1S/C23H26F3N7O2.C19H20F3N7O2S.C18H18F3N7.C12H22N2O2.C11H5ClF3N5.C2HF3O.CH3ClO2S/c1-21(2,3)35-20(34)31-8-5-22(6-9-31)13-32(14-22)17-4-7-27-19(30-17)15-10-29-18-11-28-16(12-33(15)18)23(24,25)26;1-32(30,31)28-6-3-18(4-7-28)11-27(12-18)15-2-5-23-17(26-15)13-8-25-16-9-24-14(10-29(13)16)19(20,21)22;19-18(20,21)13-9-28-12(7-25-15(28)8-24-13)16-23-4-1-14(26-16)27-10-17(11-27)2-5-22-6-3-17;1-11(2,3)16-10(15)14-6-4-12(5-7-14)8-13-9-12;12-8-1-2-16-10(19-8)6-3-18-9-4-17-7(5-20(6)9)11(13,14)15;3-2(4,5)1-6;1-5(2,3)4/h4,7,10-12H,5-6,8-9,13-14H2,1-3H3;2,5,8-10H,3-4,6-7,11-12H2,1H3;1,4,7-9,22H,2-3,5-6,10-11H2;13H,4-9H2,1-3H3;1-5H;1H;1H3. The molecule has 0 aromatic carbocycles. The van der Waals surface area contributed by atoms with Crippen molar-refractivity contribution in [3.05, 3.63) is 151 Å². The van der Waals surface area contributed by atoms with Crippen molar-refractivity contribution in [2.75, 3.05) is 132 Å². The summed E-state index contributed by atoms with van der Waals surface area (Å²) in [4.78, 5) is 107. The van der Waals surface area contributed by atoms with Crippen LogP contribution in [-0.2, 0) is 58.0 Å². The van der Waals surface area contributed by atoms with Gasteiger partial charge in [0.05, 0.1) is 62.1 Å². The van der Waals surface area contributed by atoms with Crippen LogP contribution >= 0.6 is 22.3 Å². The summed E-state index contributed by atoms with van der Waals surface area (Å²) in [5.41, 5.74) is -1.41. The number of ether oxygens (including phenoxy) is 2. The number of aldehydes is 1. The number of carbonyl (C=O) groups is 3. The number of imidazole rings is 4. The minimum atomic E-state index is -4.64. The lowest BCUT2D eigenvalue weighted by Gasteiger charge is -2.54. The minimum Gasteiger partial charge on any atom is -0.444 e. The number of carbonyl (C=O) groups excluding carboxylic acids is 3. The molecule has 0 unspecified atom stereocenters. The number of anilines is 3. The third-order valence-electron chi connectivity index (χ3n) is 24.3. The summed E-state index contributed by atoms with van der Waals surface area (Å²) < 4.78 is 247. The minimum absolute atomic E-state index is 0.0584. The lowest BCUT2D eigenvalue weighted by molar-refractivity contribution is -0.156. The second-order valence-electron chi connectivity index (χ2n) is 37.3. The number of alkyl halides is 15. The Bertz CT molecular complexity index is 6750. The van der Waals surface area contributed by atoms with E-state index in [1.54, 1.807) is 35.6 Å². The number of nitrogens with zero attached hydrogens (tertiary/aromatic N) is 26. The number of halogens is 17. The molecule has 56 heteroatoms. The Kier molecular flexibility index (Phi) is 30.4. The number of hydrogen-bond donors (Lipinski definition) is 2. The van der Waals surface area contributed by atoms with Gasteiger partial charge < -0.3 is 44.6 Å². The van der Waals surface area contributed by atoms with Gasteiger partial charge in [0.25, 0.3) is 0 Å². The summed E-state index contributed by atoms with van der Waals surface area (Å²) in [6, 6.07) is 6.85. The Morgan fingerprint density at radius 2 is 0.655 bits per heavy atom. The molecule has 20 rings (SSSR count). The molecule has 764 valence electrons. The highest BCUT2D eigenvalue weighted by Crippen LogP contribution is 2.47. The Morgan fingerprint density at radius 3 is 0.908 bits per heavy atom. The van der Waals surface area contributed by atoms with Crippen molar-refractivity contribution < 1.29 is 107 Å². The van der Waals surface area contributed by atoms with Gasteiger partial charge in [0.1, 0.15) is 56.6 Å². The van der Waals surface area contributed by atoms with Gasteiger partial charge in [0.15, 0.2) is 68.7 Å². The molecule has 12 aromatic heterocycles. The van der Waals surface area contributed by atoms with Crippen molar-refractivity contribution in [3.8, 4) is 46.1 Å². The molecule has 20 heterocycles. The smallest absolute Gasteiger partial charge is 0.444 e. The Hall–Kier alpha value is -12.3. The monoisotopic (exact) mass is 2080 g/mol. The van der Waals surface area contributed by atoms with Crippen LogP contribution in [0, 0.1) is 21.7 Å². The Morgan fingerprint density at radius 1 is 0.387 bits per heavy atom. The van der Waals surface area contributed by atoms with Crippen molar-refractivity contribution in [3.63, 3.8) is 0 Å². The lowest BCUT2D eigenvalue weighted by atomic mass is 9.72. The first kappa shape index (κ1) is 106. The third kappa shape index (κ3) is 26.4. The predicted molar refractivity (Wildman–Crippen MR) is 485 cm³/mol. The third-order valence-corrected chi connectivity index (χ3v) is 25.9. The van der Waals surface area contributed by atoms with Crippen LogP contribution in [0.2, 0.25) is 5.15 Å². The largest absolute Gasteiger partial charge is 0.446 e. The van der Waals surface area contributed by atoms with Gasteiger partial charge >= 0.3 is 43.1 Å². The van der Waals surface area contributed by atoms with E-state index in [9.17, 15) is 92.3 Å². The molecule has 4 spiro atoms. The van der Waals surface area contributed by atoms with E-state index < -0.39 is 84.6 Å². The van der Waals surface area contributed by atoms with E-state index in [1.807, 2.05) is 52.5 Å². The van der Waals surface area contributed by atoms with Crippen LogP contribution in [0.5, 0.6) is 0 Å². The molecule has 8 aliphatic heterocycles. The van der Waals surface area contributed by atoms with Gasteiger partial charge in [-0.2, -0.15) is 65.9 Å². The normalized spacial score (nSPS) is 17.9. The molecule has 0 bridgehead atoms. The molecule has 0 atom stereocenters. The molecule has 0 aliphatic carbocycles. The molecule has 12 aromatic rings. The van der Waals surface area contributed by atoms with Crippen LogP contribution in [0.4, 0.5) is 92.9 Å². The van der Waals surface area contributed by atoms with Crippen LogP contribution in [0.15, 0.2) is 123 Å². The summed E-state index contributed by atoms with van der Waals surface area (Å²) in [7, 11) is -1.86. The summed E-state index contributed by atoms with van der Waals surface area (Å²) in [5, 5.41) is 6.89. The highest BCUT2D eigenvalue weighted by Gasteiger charge is 2.50. The number of nitrogens with one attached hydrogen (secondary N) is 2. The summed E-state index contributed by atoms with van der Waals surface area (Å²) >= 11 is 5.74. The number of amides is 2. The maximum atomic E-state index is 13.1. The van der Waals surface area contributed by atoms with Crippen LogP contribution < -0.4 is 25.3 Å². The molecule has 37 nitrogen and oxygen atoms in total. The van der Waals surface area contributed by atoms with Crippen LogP contribution in [-0.4, -0.2) is 281 Å². The molecule has 142 heavy (non-hydrogen) atoms. The van der Waals surface area contributed by atoms with Gasteiger partial charge in [0, 0.05) is 168 Å². The highest BCUT2D eigenvalue weighted by molar-refractivity contribution is 8.13. The molecule has 0 saturated carbocycles. The van der Waals surface area contributed by atoms with E-state index in [1.165, 1.54) is 65.2 Å². The van der Waals surface area contributed by atoms with Crippen molar-refractivity contribution in [2.45, 2.75) is 135 Å². The quantitative estimate of drug-likeness (QED) is 0.0617. The molecular weight excluding hydrogens is 1990 g/mol.